The Morgan fingerprint density at radius 1 is 1.14 bits per heavy atom. The molecule has 1 aromatic heterocycles. The SMILES string of the molecule is CCc1cc(CC(CC)(CO)c2ccccc2)n(CC)n1. The Balaban J connectivity index is 2.39. The van der Waals surface area contributed by atoms with Crippen molar-refractivity contribution in [3.63, 3.8) is 0 Å². The molecule has 1 aromatic carbocycles. The van der Waals surface area contributed by atoms with E-state index in [0.29, 0.717) is 0 Å². The molecule has 0 saturated heterocycles. The largest absolute Gasteiger partial charge is 0.395 e. The first-order valence-electron chi connectivity index (χ1n) is 7.91. The van der Waals surface area contributed by atoms with Gasteiger partial charge in [0, 0.05) is 24.1 Å². The number of benzene rings is 1. The third-order valence-electron chi connectivity index (χ3n) is 4.46. The molecule has 0 radical (unpaired) electrons. The van der Waals surface area contributed by atoms with Gasteiger partial charge in [-0.1, -0.05) is 44.2 Å². The fourth-order valence-corrected chi connectivity index (χ4v) is 2.93. The van der Waals surface area contributed by atoms with Crippen LogP contribution in [0.5, 0.6) is 0 Å². The number of rotatable bonds is 7. The van der Waals surface area contributed by atoms with Crippen LogP contribution >= 0.6 is 0 Å². The van der Waals surface area contributed by atoms with Gasteiger partial charge in [-0.2, -0.15) is 5.10 Å². The summed E-state index contributed by atoms with van der Waals surface area (Å²) in [6, 6.07) is 12.5. The molecule has 0 aliphatic carbocycles. The van der Waals surface area contributed by atoms with Gasteiger partial charge in [-0.25, -0.2) is 0 Å². The molecule has 1 heterocycles. The predicted octanol–water partition coefficient (Wildman–Crippen LogP) is 3.35. The van der Waals surface area contributed by atoms with Gasteiger partial charge in [0.15, 0.2) is 0 Å². The highest BCUT2D eigenvalue weighted by Crippen LogP contribution is 2.32. The zero-order chi connectivity index (χ0) is 15.3. The number of aromatic nitrogens is 2. The molecule has 0 spiro atoms. The van der Waals surface area contributed by atoms with Crippen LogP contribution in [-0.2, 0) is 24.8 Å². The van der Waals surface area contributed by atoms with Gasteiger partial charge in [0.25, 0.3) is 0 Å². The molecular formula is C18H26N2O. The Morgan fingerprint density at radius 3 is 2.38 bits per heavy atom. The summed E-state index contributed by atoms with van der Waals surface area (Å²) >= 11 is 0. The number of nitrogens with zero attached hydrogens (tertiary/aromatic N) is 2. The third-order valence-corrected chi connectivity index (χ3v) is 4.46. The summed E-state index contributed by atoms with van der Waals surface area (Å²) in [5.74, 6) is 0. The average molecular weight is 286 g/mol. The normalized spacial score (nSPS) is 14.1. The molecule has 1 unspecified atom stereocenters. The Morgan fingerprint density at radius 2 is 1.86 bits per heavy atom. The van der Waals surface area contributed by atoms with Crippen molar-refractivity contribution < 1.29 is 5.11 Å². The summed E-state index contributed by atoms with van der Waals surface area (Å²) in [7, 11) is 0. The summed E-state index contributed by atoms with van der Waals surface area (Å²) in [5, 5.41) is 14.7. The van der Waals surface area contributed by atoms with Gasteiger partial charge in [0.05, 0.1) is 12.3 Å². The monoisotopic (exact) mass is 286 g/mol. The van der Waals surface area contributed by atoms with E-state index < -0.39 is 0 Å². The lowest BCUT2D eigenvalue weighted by Gasteiger charge is -2.31. The lowest BCUT2D eigenvalue weighted by atomic mass is 9.75. The molecule has 0 amide bonds. The van der Waals surface area contributed by atoms with Crippen LogP contribution < -0.4 is 0 Å². The van der Waals surface area contributed by atoms with E-state index in [1.165, 1.54) is 11.3 Å². The van der Waals surface area contributed by atoms with Crippen LogP contribution in [0, 0.1) is 0 Å². The predicted molar refractivity (Wildman–Crippen MR) is 86.5 cm³/mol. The molecule has 3 nitrogen and oxygen atoms in total. The van der Waals surface area contributed by atoms with Gasteiger partial charge in [0.2, 0.25) is 0 Å². The smallest absolute Gasteiger partial charge is 0.0624 e. The number of hydrogen-bond acceptors (Lipinski definition) is 2. The maximum absolute atomic E-state index is 10.1. The summed E-state index contributed by atoms with van der Waals surface area (Å²) in [6.45, 7) is 7.42. The minimum absolute atomic E-state index is 0.157. The Bertz CT molecular complexity index is 556. The molecule has 3 heteroatoms. The molecule has 0 fully saturated rings. The molecule has 0 aliphatic heterocycles. The fourth-order valence-electron chi connectivity index (χ4n) is 2.93. The zero-order valence-corrected chi connectivity index (χ0v) is 13.3. The molecule has 1 N–H and O–H groups in total. The van der Waals surface area contributed by atoms with Crippen molar-refractivity contribution in [3.05, 3.63) is 53.3 Å². The van der Waals surface area contributed by atoms with Gasteiger partial charge < -0.3 is 5.11 Å². The first-order valence-corrected chi connectivity index (χ1v) is 7.91. The number of aryl methyl sites for hydroxylation is 2. The van der Waals surface area contributed by atoms with Crippen molar-refractivity contribution in [1.29, 1.82) is 0 Å². The van der Waals surface area contributed by atoms with E-state index in [2.05, 4.69) is 48.8 Å². The second kappa shape index (κ2) is 6.90. The van der Waals surface area contributed by atoms with Crippen LogP contribution in [0.15, 0.2) is 36.4 Å². The van der Waals surface area contributed by atoms with Crippen molar-refractivity contribution in [2.24, 2.45) is 0 Å². The number of aliphatic hydroxyl groups is 1. The summed E-state index contributed by atoms with van der Waals surface area (Å²) in [6.07, 6.45) is 2.68. The van der Waals surface area contributed by atoms with E-state index >= 15 is 0 Å². The van der Waals surface area contributed by atoms with Crippen molar-refractivity contribution in [2.75, 3.05) is 6.61 Å². The van der Waals surface area contributed by atoms with Crippen LogP contribution in [-0.4, -0.2) is 21.5 Å². The Hall–Kier alpha value is -1.61. The molecule has 114 valence electrons. The van der Waals surface area contributed by atoms with Crippen LogP contribution in [0.25, 0.3) is 0 Å². The van der Waals surface area contributed by atoms with Crippen LogP contribution in [0.2, 0.25) is 0 Å². The van der Waals surface area contributed by atoms with E-state index in [1.807, 2.05) is 18.2 Å². The van der Waals surface area contributed by atoms with Crippen molar-refractivity contribution in [3.8, 4) is 0 Å². The third kappa shape index (κ3) is 3.18. The topological polar surface area (TPSA) is 38.0 Å². The summed E-state index contributed by atoms with van der Waals surface area (Å²) in [5.41, 5.74) is 3.33. The molecule has 1 atom stereocenters. The molecule has 2 aromatic rings. The maximum atomic E-state index is 10.1. The van der Waals surface area contributed by atoms with Crippen LogP contribution in [0.3, 0.4) is 0 Å². The Labute approximate surface area is 127 Å². The minimum atomic E-state index is -0.223. The second-order valence-corrected chi connectivity index (χ2v) is 5.63. The highest BCUT2D eigenvalue weighted by molar-refractivity contribution is 5.28. The van der Waals surface area contributed by atoms with Crippen molar-refractivity contribution in [1.82, 2.24) is 9.78 Å². The number of hydrogen-bond donors (Lipinski definition) is 1. The molecule has 0 bridgehead atoms. The lowest BCUT2D eigenvalue weighted by Crippen LogP contribution is -2.33. The van der Waals surface area contributed by atoms with Crippen LogP contribution in [0.1, 0.15) is 44.1 Å². The van der Waals surface area contributed by atoms with E-state index in [0.717, 1.165) is 31.5 Å². The molecule has 21 heavy (non-hydrogen) atoms. The van der Waals surface area contributed by atoms with Gasteiger partial charge in [-0.05, 0) is 31.4 Å². The first-order chi connectivity index (χ1) is 10.2. The lowest BCUT2D eigenvalue weighted by molar-refractivity contribution is 0.184. The average Bonchev–Trinajstić information content (AvgIpc) is 2.95. The highest BCUT2D eigenvalue weighted by atomic mass is 16.3. The van der Waals surface area contributed by atoms with Crippen LogP contribution in [0.4, 0.5) is 0 Å². The quantitative estimate of drug-likeness (QED) is 0.847. The van der Waals surface area contributed by atoms with Crippen molar-refractivity contribution >= 4 is 0 Å². The first kappa shape index (κ1) is 15.8. The number of aliphatic hydroxyl groups excluding tert-OH is 1. The minimum Gasteiger partial charge on any atom is -0.395 e. The molecule has 0 saturated carbocycles. The van der Waals surface area contributed by atoms with Gasteiger partial charge in [0.1, 0.15) is 0 Å². The van der Waals surface area contributed by atoms with E-state index in [4.69, 9.17) is 0 Å². The molecular weight excluding hydrogens is 260 g/mol. The van der Waals surface area contributed by atoms with Gasteiger partial charge >= 0.3 is 0 Å². The Kier molecular flexibility index (Phi) is 5.18. The summed E-state index contributed by atoms with van der Waals surface area (Å²) < 4.78 is 2.07. The highest BCUT2D eigenvalue weighted by Gasteiger charge is 2.31. The summed E-state index contributed by atoms with van der Waals surface area (Å²) in [4.78, 5) is 0. The van der Waals surface area contributed by atoms with E-state index in [1.54, 1.807) is 0 Å². The molecule has 2 rings (SSSR count). The fraction of sp³-hybridized carbons (Fsp3) is 0.500. The van der Waals surface area contributed by atoms with E-state index in [9.17, 15) is 5.11 Å². The van der Waals surface area contributed by atoms with E-state index in [-0.39, 0.29) is 12.0 Å². The van der Waals surface area contributed by atoms with Gasteiger partial charge in [-0.15, -0.1) is 0 Å². The van der Waals surface area contributed by atoms with Gasteiger partial charge in [-0.3, -0.25) is 4.68 Å². The zero-order valence-electron chi connectivity index (χ0n) is 13.3. The maximum Gasteiger partial charge on any atom is 0.0624 e. The molecule has 0 aliphatic rings. The standard InChI is InChI=1S/C18H26N2O/c1-4-16-12-17(20(6-3)19-16)13-18(5-2,14-21)15-10-8-7-9-11-15/h7-12,21H,4-6,13-14H2,1-3H3. The van der Waals surface area contributed by atoms with Crippen molar-refractivity contribution in [2.45, 2.75) is 52.0 Å². The second-order valence-electron chi connectivity index (χ2n) is 5.63.